The van der Waals surface area contributed by atoms with Crippen LogP contribution in [0.2, 0.25) is 0 Å². The van der Waals surface area contributed by atoms with Gasteiger partial charge in [-0.05, 0) is 24.0 Å². The van der Waals surface area contributed by atoms with Gasteiger partial charge in [-0.15, -0.1) is 18.2 Å². The average molecular weight is 278 g/mol. The van der Waals surface area contributed by atoms with Gasteiger partial charge < -0.3 is 15.0 Å². The highest BCUT2D eigenvalue weighted by Crippen LogP contribution is 2.28. The van der Waals surface area contributed by atoms with E-state index in [1.807, 2.05) is 24.5 Å². The molecule has 0 heterocycles. The van der Waals surface area contributed by atoms with Crippen LogP contribution in [0.1, 0.15) is 5.56 Å². The summed E-state index contributed by atoms with van der Waals surface area (Å²) in [5.74, 6) is 3.19. The van der Waals surface area contributed by atoms with Gasteiger partial charge in [0.2, 0.25) is 0 Å². The van der Waals surface area contributed by atoms with Crippen LogP contribution in [0, 0.1) is 12.3 Å². The van der Waals surface area contributed by atoms with Gasteiger partial charge in [-0.2, -0.15) is 0 Å². The van der Waals surface area contributed by atoms with Crippen molar-refractivity contribution in [2.75, 3.05) is 27.0 Å². The number of nitrogens with zero attached hydrogens (tertiary/aromatic N) is 1. The lowest BCUT2D eigenvalue weighted by Gasteiger charge is -2.18. The Morgan fingerprint density at radius 3 is 2.89 bits per heavy atom. The van der Waals surface area contributed by atoms with Crippen molar-refractivity contribution >= 4 is 17.8 Å². The van der Waals surface area contributed by atoms with Gasteiger partial charge in [-0.25, -0.2) is 4.79 Å². The van der Waals surface area contributed by atoms with E-state index in [-0.39, 0.29) is 12.6 Å². The molecule has 1 N–H and O–H groups in total. The fourth-order valence-electron chi connectivity index (χ4n) is 1.59. The maximum Gasteiger partial charge on any atom is 0.318 e. The third-order valence-electron chi connectivity index (χ3n) is 2.56. The Hall–Kier alpha value is -1.80. The molecule has 1 aromatic carbocycles. The first-order chi connectivity index (χ1) is 9.12. The van der Waals surface area contributed by atoms with Crippen molar-refractivity contribution in [2.45, 2.75) is 11.4 Å². The molecule has 0 saturated carbocycles. The lowest BCUT2D eigenvalue weighted by atomic mass is 10.2. The van der Waals surface area contributed by atoms with E-state index in [9.17, 15) is 4.79 Å². The number of terminal acetylenes is 1. The highest BCUT2D eigenvalue weighted by atomic mass is 32.2. The average Bonchev–Trinajstić information content (AvgIpc) is 2.44. The Bertz CT molecular complexity index is 483. The van der Waals surface area contributed by atoms with Gasteiger partial charge in [0, 0.05) is 18.5 Å². The monoisotopic (exact) mass is 278 g/mol. The van der Waals surface area contributed by atoms with Crippen LogP contribution in [0.3, 0.4) is 0 Å². The Balaban J connectivity index is 2.72. The summed E-state index contributed by atoms with van der Waals surface area (Å²) in [5, 5.41) is 2.62. The van der Waals surface area contributed by atoms with Crippen LogP contribution >= 0.6 is 11.8 Å². The maximum atomic E-state index is 11.7. The molecular weight excluding hydrogens is 260 g/mol. The first-order valence-corrected chi connectivity index (χ1v) is 6.98. The zero-order valence-electron chi connectivity index (χ0n) is 11.4. The van der Waals surface area contributed by atoms with E-state index in [4.69, 9.17) is 11.2 Å². The topological polar surface area (TPSA) is 41.6 Å². The number of nitrogens with one attached hydrogen (secondary N) is 1. The minimum Gasteiger partial charge on any atom is -0.496 e. The zero-order valence-corrected chi connectivity index (χ0v) is 12.2. The normalized spacial score (nSPS) is 9.58. The van der Waals surface area contributed by atoms with Crippen molar-refractivity contribution in [3.8, 4) is 18.1 Å². The summed E-state index contributed by atoms with van der Waals surface area (Å²) < 4.78 is 5.32. The van der Waals surface area contributed by atoms with Crippen LogP contribution < -0.4 is 10.1 Å². The van der Waals surface area contributed by atoms with Crippen molar-refractivity contribution < 1.29 is 9.53 Å². The third kappa shape index (κ3) is 4.42. The van der Waals surface area contributed by atoms with Crippen molar-refractivity contribution in [3.63, 3.8) is 0 Å². The van der Waals surface area contributed by atoms with E-state index >= 15 is 0 Å². The molecule has 1 rings (SSSR count). The Kier molecular flexibility index (Phi) is 6.10. The fraction of sp³-hybridized carbons (Fsp3) is 0.357. The highest BCUT2D eigenvalue weighted by Gasteiger charge is 2.09. The van der Waals surface area contributed by atoms with Crippen molar-refractivity contribution in [3.05, 3.63) is 23.8 Å². The summed E-state index contributed by atoms with van der Waals surface area (Å²) in [6.45, 7) is 0.735. The second kappa shape index (κ2) is 7.59. The number of hydrogen-bond acceptors (Lipinski definition) is 3. The predicted molar refractivity (Wildman–Crippen MR) is 78.5 cm³/mol. The van der Waals surface area contributed by atoms with Crippen molar-refractivity contribution in [1.29, 1.82) is 0 Å². The van der Waals surface area contributed by atoms with Crippen LogP contribution in [0.4, 0.5) is 4.79 Å². The van der Waals surface area contributed by atoms with Crippen molar-refractivity contribution in [2.24, 2.45) is 0 Å². The van der Waals surface area contributed by atoms with Gasteiger partial charge >= 0.3 is 6.03 Å². The van der Waals surface area contributed by atoms with Crippen LogP contribution in [0.15, 0.2) is 23.1 Å². The molecule has 0 bridgehead atoms. The first-order valence-electron chi connectivity index (χ1n) is 5.75. The minimum absolute atomic E-state index is 0.189. The number of ether oxygens (including phenoxy) is 1. The van der Waals surface area contributed by atoms with Gasteiger partial charge in [0.15, 0.2) is 0 Å². The van der Waals surface area contributed by atoms with Crippen LogP contribution in [-0.2, 0) is 6.54 Å². The Morgan fingerprint density at radius 2 is 2.32 bits per heavy atom. The van der Waals surface area contributed by atoms with E-state index in [1.165, 1.54) is 0 Å². The van der Waals surface area contributed by atoms with Gasteiger partial charge in [-0.1, -0.05) is 12.0 Å². The molecule has 5 heteroatoms. The summed E-state index contributed by atoms with van der Waals surface area (Å²) in [6.07, 6.45) is 7.09. The summed E-state index contributed by atoms with van der Waals surface area (Å²) in [5.41, 5.74) is 1.01. The number of hydrogen-bond donors (Lipinski definition) is 1. The smallest absolute Gasteiger partial charge is 0.318 e. The summed E-state index contributed by atoms with van der Waals surface area (Å²) in [6, 6.07) is 5.73. The molecule has 0 aromatic heterocycles. The molecule has 102 valence electrons. The molecule has 4 nitrogen and oxygen atoms in total. The molecule has 0 fully saturated rings. The number of amides is 2. The highest BCUT2D eigenvalue weighted by molar-refractivity contribution is 7.98. The molecule has 0 aliphatic heterocycles. The molecule has 2 amide bonds. The van der Waals surface area contributed by atoms with Gasteiger partial charge in [0.1, 0.15) is 5.75 Å². The molecule has 1 aromatic rings. The Morgan fingerprint density at radius 1 is 1.58 bits per heavy atom. The molecule has 0 saturated heterocycles. The molecule has 0 unspecified atom stereocenters. The second-order valence-corrected chi connectivity index (χ2v) is 4.76. The van der Waals surface area contributed by atoms with Gasteiger partial charge in [0.05, 0.1) is 13.7 Å². The number of rotatable bonds is 5. The molecular formula is C14H18N2O2S. The fourth-order valence-corrected chi connectivity index (χ4v) is 2.13. The quantitative estimate of drug-likeness (QED) is 0.663. The molecule has 0 aliphatic rings. The van der Waals surface area contributed by atoms with E-state index in [2.05, 4.69) is 11.2 Å². The molecule has 0 radical (unpaired) electrons. The lowest BCUT2D eigenvalue weighted by molar-refractivity contribution is 0.208. The number of thioether (sulfide) groups is 1. The van der Waals surface area contributed by atoms with Gasteiger partial charge in [-0.3, -0.25) is 0 Å². The molecule has 0 aliphatic carbocycles. The predicted octanol–water partition coefficient (Wildman–Crippen LogP) is 2.19. The SMILES string of the molecule is C#CCNC(=O)N(C)Cc1ccc(SC)c(OC)c1. The maximum absolute atomic E-state index is 11.7. The second-order valence-electron chi connectivity index (χ2n) is 3.91. The number of carbonyl (C=O) groups excluding carboxylic acids is 1. The van der Waals surface area contributed by atoms with Crippen LogP contribution in [-0.4, -0.2) is 37.9 Å². The zero-order chi connectivity index (χ0) is 14.3. The molecule has 0 atom stereocenters. The third-order valence-corrected chi connectivity index (χ3v) is 3.33. The van der Waals surface area contributed by atoms with E-state index < -0.39 is 0 Å². The summed E-state index contributed by atoms with van der Waals surface area (Å²) >= 11 is 1.62. The van der Waals surface area contributed by atoms with E-state index in [0.29, 0.717) is 6.54 Å². The first kappa shape index (κ1) is 15.3. The summed E-state index contributed by atoms with van der Waals surface area (Å²) in [7, 11) is 3.36. The largest absolute Gasteiger partial charge is 0.496 e. The molecule has 19 heavy (non-hydrogen) atoms. The van der Waals surface area contributed by atoms with Crippen molar-refractivity contribution in [1.82, 2.24) is 10.2 Å². The lowest BCUT2D eigenvalue weighted by Crippen LogP contribution is -2.36. The minimum atomic E-state index is -0.189. The summed E-state index contributed by atoms with van der Waals surface area (Å²) in [4.78, 5) is 14.3. The molecule has 0 spiro atoms. The van der Waals surface area contributed by atoms with Crippen LogP contribution in [0.5, 0.6) is 5.75 Å². The number of benzene rings is 1. The Labute approximate surface area is 118 Å². The number of carbonyl (C=O) groups is 1. The van der Waals surface area contributed by atoms with E-state index in [0.717, 1.165) is 16.2 Å². The standard InChI is InChI=1S/C14H18N2O2S/c1-5-8-15-14(17)16(2)10-11-6-7-13(19-4)12(9-11)18-3/h1,6-7,9H,8,10H2,2-4H3,(H,15,17). The number of urea groups is 1. The van der Waals surface area contributed by atoms with Gasteiger partial charge in [0.25, 0.3) is 0 Å². The van der Waals surface area contributed by atoms with E-state index in [1.54, 1.807) is 30.8 Å². The number of methoxy groups -OCH3 is 1. The van der Waals surface area contributed by atoms with Crippen LogP contribution in [0.25, 0.3) is 0 Å².